The van der Waals surface area contributed by atoms with Crippen molar-refractivity contribution in [3.05, 3.63) is 58.4 Å². The molecule has 2 aromatic rings. The molecule has 2 aromatic carbocycles. The summed E-state index contributed by atoms with van der Waals surface area (Å²) in [5.74, 6) is -11.9. The SMILES string of the molecule is Cc1cc(C)cc(NS(=O)(=O)c2c(F)c(F)c(F)c(F)c2F)c1. The van der Waals surface area contributed by atoms with Gasteiger partial charge in [0.15, 0.2) is 28.2 Å². The quantitative estimate of drug-likeness (QED) is 0.519. The predicted molar refractivity (Wildman–Crippen MR) is 73.0 cm³/mol. The van der Waals surface area contributed by atoms with E-state index >= 15 is 0 Å². The third kappa shape index (κ3) is 3.14. The normalized spacial score (nSPS) is 11.6. The molecule has 0 fully saturated rings. The van der Waals surface area contributed by atoms with Crippen molar-refractivity contribution in [1.29, 1.82) is 0 Å². The van der Waals surface area contributed by atoms with Crippen LogP contribution in [0.15, 0.2) is 23.1 Å². The summed E-state index contributed by atoms with van der Waals surface area (Å²) >= 11 is 0. The van der Waals surface area contributed by atoms with Crippen molar-refractivity contribution in [2.24, 2.45) is 0 Å². The first-order valence-electron chi connectivity index (χ1n) is 6.17. The van der Waals surface area contributed by atoms with Gasteiger partial charge in [-0.3, -0.25) is 4.72 Å². The lowest BCUT2D eigenvalue weighted by Gasteiger charge is -2.12. The molecule has 0 bridgehead atoms. The van der Waals surface area contributed by atoms with E-state index in [1.165, 1.54) is 12.1 Å². The maximum absolute atomic E-state index is 13.6. The van der Waals surface area contributed by atoms with Gasteiger partial charge in [0, 0.05) is 5.69 Å². The van der Waals surface area contributed by atoms with Crippen molar-refractivity contribution < 1.29 is 30.4 Å². The largest absolute Gasteiger partial charge is 0.279 e. The molecule has 9 heteroatoms. The second-order valence-corrected chi connectivity index (χ2v) is 6.50. The van der Waals surface area contributed by atoms with Gasteiger partial charge < -0.3 is 0 Å². The molecule has 0 aromatic heterocycles. The highest BCUT2D eigenvalue weighted by Crippen LogP contribution is 2.28. The van der Waals surface area contributed by atoms with Crippen LogP contribution in [-0.2, 0) is 10.0 Å². The third-order valence-corrected chi connectivity index (χ3v) is 4.31. The molecule has 0 amide bonds. The van der Waals surface area contributed by atoms with Gasteiger partial charge in [0.1, 0.15) is 0 Å². The molecule has 2 rings (SSSR count). The first-order chi connectivity index (χ1) is 10.5. The van der Waals surface area contributed by atoms with Crippen LogP contribution in [-0.4, -0.2) is 8.42 Å². The van der Waals surface area contributed by atoms with Crippen molar-refractivity contribution in [3.8, 4) is 0 Å². The lowest BCUT2D eigenvalue weighted by molar-refractivity contribution is 0.358. The van der Waals surface area contributed by atoms with E-state index in [9.17, 15) is 30.4 Å². The Bertz CT molecular complexity index is 847. The van der Waals surface area contributed by atoms with Gasteiger partial charge in [-0.25, -0.2) is 30.4 Å². The predicted octanol–water partition coefficient (Wildman–Crippen LogP) is 3.80. The molecule has 124 valence electrons. The van der Waals surface area contributed by atoms with E-state index in [2.05, 4.69) is 0 Å². The second-order valence-electron chi connectivity index (χ2n) is 4.88. The number of benzene rings is 2. The van der Waals surface area contributed by atoms with E-state index in [-0.39, 0.29) is 5.69 Å². The number of aryl methyl sites for hydroxylation is 2. The summed E-state index contributed by atoms with van der Waals surface area (Å²) < 4.78 is 92.4. The van der Waals surface area contributed by atoms with Crippen molar-refractivity contribution in [1.82, 2.24) is 0 Å². The van der Waals surface area contributed by atoms with Crippen molar-refractivity contribution in [2.75, 3.05) is 4.72 Å². The molecule has 0 aliphatic heterocycles. The lowest BCUT2D eigenvalue weighted by atomic mass is 10.1. The van der Waals surface area contributed by atoms with E-state index in [1.807, 2.05) is 4.72 Å². The van der Waals surface area contributed by atoms with Gasteiger partial charge in [-0.2, -0.15) is 0 Å². The van der Waals surface area contributed by atoms with E-state index in [4.69, 9.17) is 0 Å². The standard InChI is InChI=1S/C14H10F5NO2S/c1-6-3-7(2)5-8(4-6)20-23(21,22)14-12(18)10(16)9(15)11(17)13(14)19/h3-5,20H,1-2H3. The fourth-order valence-corrected chi connectivity index (χ4v) is 3.24. The molecule has 0 aliphatic rings. The summed E-state index contributed by atoms with van der Waals surface area (Å²) in [6.07, 6.45) is 0. The Morgan fingerprint density at radius 2 is 1.13 bits per heavy atom. The molecule has 1 N–H and O–H groups in total. The second kappa shape index (κ2) is 5.80. The Morgan fingerprint density at radius 1 is 0.739 bits per heavy atom. The maximum atomic E-state index is 13.6. The zero-order chi connectivity index (χ0) is 17.5. The van der Waals surface area contributed by atoms with Gasteiger partial charge in [0.2, 0.25) is 5.82 Å². The average Bonchev–Trinajstić information content (AvgIpc) is 2.41. The van der Waals surface area contributed by atoms with Crippen LogP contribution in [0.2, 0.25) is 0 Å². The molecular weight excluding hydrogens is 341 g/mol. The number of nitrogens with one attached hydrogen (secondary N) is 1. The Hall–Kier alpha value is -2.16. The van der Waals surface area contributed by atoms with Crippen LogP contribution in [0.4, 0.5) is 27.6 Å². The van der Waals surface area contributed by atoms with Crippen LogP contribution in [0.25, 0.3) is 0 Å². The highest BCUT2D eigenvalue weighted by molar-refractivity contribution is 7.92. The van der Waals surface area contributed by atoms with Gasteiger partial charge in [-0.05, 0) is 37.1 Å². The average molecular weight is 351 g/mol. The van der Waals surface area contributed by atoms with Crippen LogP contribution in [0.5, 0.6) is 0 Å². The Balaban J connectivity index is 2.61. The molecule has 0 aliphatic carbocycles. The van der Waals surface area contributed by atoms with Gasteiger partial charge >= 0.3 is 0 Å². The molecule has 0 saturated carbocycles. The monoisotopic (exact) mass is 351 g/mol. The van der Waals surface area contributed by atoms with Gasteiger partial charge in [0.05, 0.1) is 0 Å². The van der Waals surface area contributed by atoms with Crippen molar-refractivity contribution in [2.45, 2.75) is 18.7 Å². The fraction of sp³-hybridized carbons (Fsp3) is 0.143. The number of halogens is 5. The van der Waals surface area contributed by atoms with Crippen molar-refractivity contribution >= 4 is 15.7 Å². The summed E-state index contributed by atoms with van der Waals surface area (Å²) in [7, 11) is -5.02. The maximum Gasteiger partial charge on any atom is 0.267 e. The highest BCUT2D eigenvalue weighted by atomic mass is 32.2. The summed E-state index contributed by atoms with van der Waals surface area (Å²) in [6, 6.07) is 4.39. The molecule has 23 heavy (non-hydrogen) atoms. The van der Waals surface area contributed by atoms with E-state index in [0.717, 1.165) is 0 Å². The van der Waals surface area contributed by atoms with Crippen LogP contribution in [0, 0.1) is 42.9 Å². The summed E-state index contributed by atoms with van der Waals surface area (Å²) in [5.41, 5.74) is 1.21. The van der Waals surface area contributed by atoms with Gasteiger partial charge in [-0.1, -0.05) is 6.07 Å². The molecule has 0 heterocycles. The number of hydrogen-bond acceptors (Lipinski definition) is 2. The zero-order valence-corrected chi connectivity index (χ0v) is 12.7. The Kier molecular flexibility index (Phi) is 4.34. The van der Waals surface area contributed by atoms with Crippen LogP contribution >= 0.6 is 0 Å². The van der Waals surface area contributed by atoms with Gasteiger partial charge in [0.25, 0.3) is 10.0 Å². The van der Waals surface area contributed by atoms with Crippen LogP contribution in [0.1, 0.15) is 11.1 Å². The van der Waals surface area contributed by atoms with Gasteiger partial charge in [-0.15, -0.1) is 0 Å². The number of hydrogen-bond donors (Lipinski definition) is 1. The highest BCUT2D eigenvalue weighted by Gasteiger charge is 2.33. The van der Waals surface area contributed by atoms with E-state index < -0.39 is 44.0 Å². The Morgan fingerprint density at radius 3 is 1.57 bits per heavy atom. The smallest absolute Gasteiger partial charge is 0.267 e. The molecule has 0 radical (unpaired) electrons. The van der Waals surface area contributed by atoms with E-state index in [0.29, 0.717) is 11.1 Å². The lowest BCUT2D eigenvalue weighted by Crippen LogP contribution is -2.19. The van der Waals surface area contributed by atoms with Crippen LogP contribution < -0.4 is 4.72 Å². The molecule has 3 nitrogen and oxygen atoms in total. The van der Waals surface area contributed by atoms with Crippen LogP contribution in [0.3, 0.4) is 0 Å². The van der Waals surface area contributed by atoms with E-state index in [1.54, 1.807) is 19.9 Å². The Labute approximate surface area is 128 Å². The summed E-state index contributed by atoms with van der Waals surface area (Å²) in [6.45, 7) is 3.28. The number of rotatable bonds is 3. The minimum Gasteiger partial charge on any atom is -0.279 e. The molecule has 0 spiro atoms. The zero-order valence-electron chi connectivity index (χ0n) is 11.8. The third-order valence-electron chi connectivity index (χ3n) is 2.91. The number of anilines is 1. The molecule has 0 saturated heterocycles. The first-order valence-corrected chi connectivity index (χ1v) is 7.65. The molecular formula is C14H10F5NO2S. The molecule has 0 atom stereocenters. The minimum absolute atomic E-state index is 0.0635. The molecule has 0 unspecified atom stereocenters. The van der Waals surface area contributed by atoms with Crippen molar-refractivity contribution in [3.63, 3.8) is 0 Å². The topological polar surface area (TPSA) is 46.2 Å². The summed E-state index contributed by atoms with van der Waals surface area (Å²) in [5, 5.41) is 0. The first kappa shape index (κ1) is 17.2. The fourth-order valence-electron chi connectivity index (χ4n) is 2.06. The number of sulfonamides is 1. The minimum atomic E-state index is -5.02. The summed E-state index contributed by atoms with van der Waals surface area (Å²) in [4.78, 5) is -1.92.